The summed E-state index contributed by atoms with van der Waals surface area (Å²) in [5.74, 6) is -0.916. The average molecular weight is 610 g/mol. The zero-order valence-corrected chi connectivity index (χ0v) is 24.0. The van der Waals surface area contributed by atoms with Crippen molar-refractivity contribution in [3.05, 3.63) is 87.5 Å². The van der Waals surface area contributed by atoms with Gasteiger partial charge in [0.1, 0.15) is 10.6 Å². The zero-order valence-electron chi connectivity index (χ0n) is 21.6. The topological polar surface area (TPSA) is 125 Å². The minimum Gasteiger partial charge on any atom is -0.371 e. The van der Waals surface area contributed by atoms with E-state index in [4.69, 9.17) is 5.73 Å². The Morgan fingerprint density at radius 3 is 2.23 bits per heavy atom. The molecule has 1 aliphatic rings. The molecular formula is C29H29BrN4O4S. The van der Waals surface area contributed by atoms with Crippen molar-refractivity contribution in [1.82, 2.24) is 10.3 Å². The van der Waals surface area contributed by atoms with E-state index < -0.39 is 21.7 Å². The lowest BCUT2D eigenvalue weighted by molar-refractivity contribution is 0.0922. The van der Waals surface area contributed by atoms with Crippen LogP contribution >= 0.6 is 15.9 Å². The largest absolute Gasteiger partial charge is 0.371 e. The maximum absolute atomic E-state index is 14.0. The van der Waals surface area contributed by atoms with Gasteiger partial charge in [-0.2, -0.15) is 0 Å². The molecule has 10 heteroatoms. The lowest BCUT2D eigenvalue weighted by atomic mass is 10.0. The van der Waals surface area contributed by atoms with Gasteiger partial charge in [0, 0.05) is 45.8 Å². The first-order chi connectivity index (χ1) is 18.5. The number of aryl methyl sites for hydroxylation is 2. The second kappa shape index (κ2) is 10.5. The summed E-state index contributed by atoms with van der Waals surface area (Å²) in [6.07, 6.45) is 1.38. The number of primary amides is 1. The molecular weight excluding hydrogens is 580 g/mol. The van der Waals surface area contributed by atoms with Gasteiger partial charge in [0.2, 0.25) is 15.7 Å². The van der Waals surface area contributed by atoms with Gasteiger partial charge in [0.15, 0.2) is 0 Å². The van der Waals surface area contributed by atoms with E-state index in [9.17, 15) is 18.0 Å². The smallest absolute Gasteiger partial charge is 0.269 e. The van der Waals surface area contributed by atoms with Gasteiger partial charge in [-0.05, 0) is 92.4 Å². The minimum absolute atomic E-state index is 0.0201. The van der Waals surface area contributed by atoms with Crippen LogP contribution in [0.3, 0.4) is 0 Å². The first-order valence-corrected chi connectivity index (χ1v) is 14.9. The molecule has 0 aliphatic carbocycles. The van der Waals surface area contributed by atoms with Crippen molar-refractivity contribution in [2.45, 2.75) is 42.5 Å². The Kier molecular flexibility index (Phi) is 7.26. The van der Waals surface area contributed by atoms with Crippen LogP contribution in [0.15, 0.2) is 74.9 Å². The third kappa shape index (κ3) is 5.44. The van der Waals surface area contributed by atoms with Crippen molar-refractivity contribution >= 4 is 54.2 Å². The number of rotatable bonds is 6. The van der Waals surface area contributed by atoms with Crippen molar-refractivity contribution in [2.24, 2.45) is 5.73 Å². The summed E-state index contributed by atoms with van der Waals surface area (Å²) in [5, 5.41) is 3.52. The van der Waals surface area contributed by atoms with Gasteiger partial charge >= 0.3 is 0 Å². The molecule has 202 valence electrons. The number of nitrogens with zero attached hydrogens (tertiary/aromatic N) is 1. The normalized spacial score (nSPS) is 14.5. The highest BCUT2D eigenvalue weighted by Gasteiger charge is 2.31. The number of halogens is 1. The molecule has 8 nitrogen and oxygen atoms in total. The number of benzene rings is 3. The van der Waals surface area contributed by atoms with Crippen LogP contribution in [0, 0.1) is 13.8 Å². The second-order valence-electron chi connectivity index (χ2n) is 9.99. The first kappa shape index (κ1) is 27.0. The van der Waals surface area contributed by atoms with Gasteiger partial charge in [-0.15, -0.1) is 0 Å². The van der Waals surface area contributed by atoms with Crippen molar-refractivity contribution in [2.75, 3.05) is 18.0 Å². The molecule has 1 aromatic heterocycles. The molecule has 0 unspecified atom stereocenters. The predicted molar refractivity (Wildman–Crippen MR) is 155 cm³/mol. The second-order valence-corrected chi connectivity index (χ2v) is 12.8. The zero-order chi connectivity index (χ0) is 27.9. The lowest BCUT2D eigenvalue weighted by Crippen LogP contribution is -2.45. The van der Waals surface area contributed by atoms with E-state index in [0.29, 0.717) is 46.9 Å². The summed E-state index contributed by atoms with van der Waals surface area (Å²) in [6.45, 7) is 5.11. The van der Waals surface area contributed by atoms with E-state index in [1.807, 2.05) is 32.0 Å². The molecule has 0 saturated carbocycles. The van der Waals surface area contributed by atoms with Gasteiger partial charge in [-0.3, -0.25) is 9.59 Å². The molecule has 0 atom stereocenters. The SMILES string of the molecule is Cc1cc(C)cc(S(=O)(=O)c2c(C(=O)NC3CCN(c4ccc(C(N)=O)cc4)CC3)[nH]c3ccc(Br)cc23)c1. The number of aromatic amines is 1. The standard InChI is InChI=1S/C29H29BrN4O4S/c1-17-13-18(2)15-23(14-17)39(37,38)27-24-16-20(30)5-8-25(24)33-26(27)29(36)32-21-9-11-34(12-10-21)22-6-3-19(4-7-22)28(31)35/h3-8,13-16,21,33H,9-12H2,1-2H3,(H2,31,35)(H,32,36). The van der Waals surface area contributed by atoms with Crippen LogP contribution in [-0.2, 0) is 9.84 Å². The Hall–Kier alpha value is -3.63. The molecule has 0 bridgehead atoms. The summed E-state index contributed by atoms with van der Waals surface area (Å²) >= 11 is 3.44. The lowest BCUT2D eigenvalue weighted by Gasteiger charge is -2.34. The number of sulfone groups is 1. The molecule has 4 aromatic rings. The van der Waals surface area contributed by atoms with Gasteiger partial charge in [-0.25, -0.2) is 8.42 Å². The van der Waals surface area contributed by atoms with Crippen molar-refractivity contribution in [1.29, 1.82) is 0 Å². The van der Waals surface area contributed by atoms with Gasteiger partial charge in [0.05, 0.1) is 4.90 Å². The molecule has 2 heterocycles. The fraction of sp³-hybridized carbons (Fsp3) is 0.241. The molecule has 2 amide bonds. The van der Waals surface area contributed by atoms with Crippen LogP contribution in [0.2, 0.25) is 0 Å². The van der Waals surface area contributed by atoms with E-state index in [1.165, 1.54) is 0 Å². The van der Waals surface area contributed by atoms with Crippen molar-refractivity contribution in [3.8, 4) is 0 Å². The quantitative estimate of drug-likeness (QED) is 0.288. The number of piperidine rings is 1. The number of hydrogen-bond acceptors (Lipinski definition) is 5. The van der Waals surface area contributed by atoms with Gasteiger partial charge < -0.3 is 20.9 Å². The Bertz CT molecular complexity index is 1670. The maximum atomic E-state index is 14.0. The van der Waals surface area contributed by atoms with Gasteiger partial charge in [0.25, 0.3) is 5.91 Å². The third-order valence-electron chi connectivity index (χ3n) is 7.06. The highest BCUT2D eigenvalue weighted by atomic mass is 79.9. The van der Waals surface area contributed by atoms with E-state index in [0.717, 1.165) is 16.8 Å². The molecule has 1 saturated heterocycles. The number of fused-ring (bicyclic) bond motifs is 1. The summed E-state index contributed by atoms with van der Waals surface area (Å²) < 4.78 is 28.6. The van der Waals surface area contributed by atoms with Crippen LogP contribution < -0.4 is 16.0 Å². The number of H-pyrrole nitrogens is 1. The maximum Gasteiger partial charge on any atom is 0.269 e. The van der Waals surface area contributed by atoms with Crippen LogP contribution in [0.4, 0.5) is 5.69 Å². The monoisotopic (exact) mass is 608 g/mol. The number of hydrogen-bond donors (Lipinski definition) is 3. The number of carbonyl (C=O) groups is 2. The molecule has 3 aromatic carbocycles. The highest BCUT2D eigenvalue weighted by Crippen LogP contribution is 2.34. The average Bonchev–Trinajstić information content (AvgIpc) is 3.28. The van der Waals surface area contributed by atoms with Crippen molar-refractivity contribution in [3.63, 3.8) is 0 Å². The fourth-order valence-electron chi connectivity index (χ4n) is 5.16. The van der Waals surface area contributed by atoms with Gasteiger partial charge in [-0.1, -0.05) is 22.0 Å². The molecule has 0 spiro atoms. The fourth-order valence-corrected chi connectivity index (χ4v) is 7.31. The Morgan fingerprint density at radius 1 is 0.974 bits per heavy atom. The van der Waals surface area contributed by atoms with Crippen molar-refractivity contribution < 1.29 is 18.0 Å². The number of anilines is 1. The molecule has 5 rings (SSSR count). The van der Waals surface area contributed by atoms with Crippen LogP contribution in [0.1, 0.15) is 44.8 Å². The van der Waals surface area contributed by atoms with E-state index in [1.54, 1.807) is 42.5 Å². The summed E-state index contributed by atoms with van der Waals surface area (Å²) in [4.78, 5) is 30.3. The molecule has 4 N–H and O–H groups in total. The number of aromatic nitrogens is 1. The van der Waals surface area contributed by atoms with E-state index >= 15 is 0 Å². The molecule has 0 radical (unpaired) electrons. The predicted octanol–water partition coefficient (Wildman–Crippen LogP) is 4.88. The summed E-state index contributed by atoms with van der Waals surface area (Å²) in [6, 6.07) is 17.5. The number of nitrogens with two attached hydrogens (primary N) is 1. The number of amides is 2. The molecule has 1 fully saturated rings. The molecule has 1 aliphatic heterocycles. The summed E-state index contributed by atoms with van der Waals surface area (Å²) in [7, 11) is -4.01. The Labute approximate surface area is 235 Å². The Morgan fingerprint density at radius 2 is 1.62 bits per heavy atom. The van der Waals surface area contributed by atoms with Crippen LogP contribution in [0.5, 0.6) is 0 Å². The summed E-state index contributed by atoms with van der Waals surface area (Å²) in [5.41, 5.74) is 9.04. The third-order valence-corrected chi connectivity index (χ3v) is 9.37. The first-order valence-electron chi connectivity index (χ1n) is 12.6. The molecule has 39 heavy (non-hydrogen) atoms. The number of nitrogens with one attached hydrogen (secondary N) is 2. The minimum atomic E-state index is -4.01. The van der Waals surface area contributed by atoms with E-state index in [2.05, 4.69) is 31.1 Å². The number of carbonyl (C=O) groups excluding carboxylic acids is 2. The van der Waals surface area contributed by atoms with E-state index in [-0.39, 0.29) is 21.5 Å². The van der Waals surface area contributed by atoms with Crippen LogP contribution in [-0.4, -0.2) is 44.3 Å². The highest BCUT2D eigenvalue weighted by molar-refractivity contribution is 9.10. The Balaban J connectivity index is 1.40. The van der Waals surface area contributed by atoms with Crippen LogP contribution in [0.25, 0.3) is 10.9 Å².